The number of halogens is 2. The Morgan fingerprint density at radius 2 is 2.05 bits per heavy atom. The van der Waals surface area contributed by atoms with Crippen molar-refractivity contribution in [1.82, 2.24) is 0 Å². The fraction of sp³-hybridized carbons (Fsp3) is 0.562. The summed E-state index contributed by atoms with van der Waals surface area (Å²) in [5.74, 6) is -0.169. The van der Waals surface area contributed by atoms with E-state index >= 15 is 0 Å². The molecule has 1 fully saturated rings. The number of aryl methyl sites for hydroxylation is 1. The number of hydrogen-bond acceptors (Lipinski definition) is 4. The van der Waals surface area contributed by atoms with Crippen LogP contribution in [0.1, 0.15) is 31.2 Å². The number of esters is 1. The summed E-state index contributed by atoms with van der Waals surface area (Å²) in [6.07, 6.45) is 3.87. The van der Waals surface area contributed by atoms with Gasteiger partial charge in [0.15, 0.2) is 0 Å². The van der Waals surface area contributed by atoms with Crippen molar-refractivity contribution in [1.29, 1.82) is 0 Å². The van der Waals surface area contributed by atoms with Crippen LogP contribution in [0.2, 0.25) is 0 Å². The number of hydrogen-bond donors (Lipinski definition) is 0. The molecule has 1 saturated heterocycles. The van der Waals surface area contributed by atoms with Gasteiger partial charge in [0.05, 0.1) is 6.10 Å². The summed E-state index contributed by atoms with van der Waals surface area (Å²) in [4.78, 5) is 11.7. The molecule has 0 saturated carbocycles. The van der Waals surface area contributed by atoms with Crippen LogP contribution in [0.4, 0.5) is 8.78 Å². The number of carbonyl (C=O) groups is 1. The van der Waals surface area contributed by atoms with Gasteiger partial charge in [-0.25, -0.2) is 0 Å². The van der Waals surface area contributed by atoms with Crippen molar-refractivity contribution < 1.29 is 27.8 Å². The van der Waals surface area contributed by atoms with E-state index in [1.165, 1.54) is 12.1 Å². The zero-order valence-electron chi connectivity index (χ0n) is 12.3. The minimum atomic E-state index is -2.83. The summed E-state index contributed by atoms with van der Waals surface area (Å²) >= 11 is 0. The van der Waals surface area contributed by atoms with Crippen LogP contribution < -0.4 is 4.74 Å². The van der Waals surface area contributed by atoms with Crippen molar-refractivity contribution in [2.45, 2.75) is 44.8 Å². The second kappa shape index (κ2) is 8.68. The summed E-state index contributed by atoms with van der Waals surface area (Å²) < 4.78 is 39.0. The van der Waals surface area contributed by atoms with E-state index in [0.717, 1.165) is 31.4 Å². The molecule has 1 unspecified atom stereocenters. The molecule has 0 aliphatic carbocycles. The van der Waals surface area contributed by atoms with Crippen molar-refractivity contribution in [2.75, 3.05) is 13.2 Å². The first-order valence-corrected chi connectivity index (χ1v) is 7.44. The van der Waals surface area contributed by atoms with Gasteiger partial charge in [-0.2, -0.15) is 8.78 Å². The quantitative estimate of drug-likeness (QED) is 0.724. The van der Waals surface area contributed by atoms with Crippen LogP contribution in [-0.4, -0.2) is 31.9 Å². The third-order valence-electron chi connectivity index (χ3n) is 3.47. The molecule has 6 heteroatoms. The third kappa shape index (κ3) is 5.97. The van der Waals surface area contributed by atoms with Gasteiger partial charge in [-0.15, -0.1) is 0 Å². The van der Waals surface area contributed by atoms with Gasteiger partial charge >= 0.3 is 12.6 Å². The maximum Gasteiger partial charge on any atom is 0.387 e. The molecule has 0 aromatic heterocycles. The predicted molar refractivity (Wildman–Crippen MR) is 75.9 cm³/mol. The van der Waals surface area contributed by atoms with Crippen molar-refractivity contribution in [2.24, 2.45) is 0 Å². The van der Waals surface area contributed by atoms with E-state index in [1.807, 2.05) is 0 Å². The van der Waals surface area contributed by atoms with Gasteiger partial charge in [0.2, 0.25) is 0 Å². The minimum absolute atomic E-state index is 0.0171. The summed E-state index contributed by atoms with van der Waals surface area (Å²) in [6, 6.07) is 6.25. The van der Waals surface area contributed by atoms with Crippen LogP contribution in [0, 0.1) is 0 Å². The maximum absolute atomic E-state index is 12.0. The topological polar surface area (TPSA) is 44.8 Å². The number of benzene rings is 1. The number of carbonyl (C=O) groups excluding carboxylic acids is 1. The summed E-state index contributed by atoms with van der Waals surface area (Å²) in [7, 11) is 0. The van der Waals surface area contributed by atoms with Gasteiger partial charge in [-0.1, -0.05) is 12.1 Å². The summed E-state index contributed by atoms with van der Waals surface area (Å²) in [5.41, 5.74) is 0.868. The molecule has 0 amide bonds. The second-order valence-corrected chi connectivity index (χ2v) is 5.19. The number of ether oxygens (including phenoxy) is 3. The first-order chi connectivity index (χ1) is 10.6. The van der Waals surface area contributed by atoms with E-state index in [2.05, 4.69) is 4.74 Å². The molecule has 0 N–H and O–H groups in total. The first-order valence-electron chi connectivity index (χ1n) is 7.44. The molecular weight excluding hydrogens is 294 g/mol. The van der Waals surface area contributed by atoms with Gasteiger partial charge in [0, 0.05) is 13.0 Å². The van der Waals surface area contributed by atoms with Gasteiger partial charge < -0.3 is 14.2 Å². The Morgan fingerprint density at radius 1 is 1.27 bits per heavy atom. The summed E-state index contributed by atoms with van der Waals surface area (Å²) in [6.45, 7) is -1.79. The minimum Gasteiger partial charge on any atom is -0.463 e. The lowest BCUT2D eigenvalue weighted by atomic mass is 10.1. The highest BCUT2D eigenvalue weighted by molar-refractivity contribution is 5.69. The van der Waals surface area contributed by atoms with Gasteiger partial charge in [-0.05, 0) is 43.4 Å². The van der Waals surface area contributed by atoms with Crippen molar-refractivity contribution in [3.05, 3.63) is 29.8 Å². The van der Waals surface area contributed by atoms with E-state index in [9.17, 15) is 13.6 Å². The maximum atomic E-state index is 12.0. The Kier molecular flexibility index (Phi) is 6.58. The molecule has 0 bridgehead atoms. The largest absolute Gasteiger partial charge is 0.463 e. The normalized spacial score (nSPS) is 18.2. The zero-order chi connectivity index (χ0) is 15.8. The Balaban J connectivity index is 1.67. The first kappa shape index (κ1) is 16.7. The monoisotopic (exact) mass is 314 g/mol. The molecule has 22 heavy (non-hydrogen) atoms. The lowest BCUT2D eigenvalue weighted by molar-refractivity contribution is -0.149. The Labute approximate surface area is 128 Å². The highest BCUT2D eigenvalue weighted by Gasteiger charge is 2.15. The average molecular weight is 314 g/mol. The molecular formula is C16H20F2O4. The molecule has 1 aliphatic heterocycles. The lowest BCUT2D eigenvalue weighted by Crippen LogP contribution is -2.26. The van der Waals surface area contributed by atoms with Crippen molar-refractivity contribution in [3.8, 4) is 5.75 Å². The molecule has 1 atom stereocenters. The van der Waals surface area contributed by atoms with E-state index in [1.54, 1.807) is 12.1 Å². The van der Waals surface area contributed by atoms with Gasteiger partial charge in [0.25, 0.3) is 0 Å². The molecule has 1 aromatic rings. The molecule has 4 nitrogen and oxygen atoms in total. The smallest absolute Gasteiger partial charge is 0.387 e. The Morgan fingerprint density at radius 3 is 2.68 bits per heavy atom. The Bertz CT molecular complexity index is 456. The number of rotatable bonds is 7. The van der Waals surface area contributed by atoms with Crippen molar-refractivity contribution in [3.63, 3.8) is 0 Å². The highest BCUT2D eigenvalue weighted by Crippen LogP contribution is 2.16. The molecule has 1 aromatic carbocycles. The molecule has 1 heterocycles. The number of alkyl halides is 2. The summed E-state index contributed by atoms with van der Waals surface area (Å²) in [5, 5.41) is 0. The van der Waals surface area contributed by atoms with E-state index < -0.39 is 6.61 Å². The molecule has 0 radical (unpaired) electrons. The van der Waals surface area contributed by atoms with Crippen molar-refractivity contribution >= 4 is 5.97 Å². The lowest BCUT2D eigenvalue weighted by Gasteiger charge is -2.22. The molecule has 1 aliphatic rings. The van der Waals surface area contributed by atoms with Crippen LogP contribution in [0.25, 0.3) is 0 Å². The molecule has 0 spiro atoms. The third-order valence-corrected chi connectivity index (χ3v) is 3.47. The molecule has 122 valence electrons. The van der Waals surface area contributed by atoms with E-state index in [-0.39, 0.29) is 24.2 Å². The van der Waals surface area contributed by atoms with Crippen LogP contribution >= 0.6 is 0 Å². The van der Waals surface area contributed by atoms with Crippen LogP contribution in [0.3, 0.4) is 0 Å². The van der Waals surface area contributed by atoms with E-state index in [0.29, 0.717) is 13.0 Å². The standard InChI is InChI=1S/C16H20F2O4/c17-16(18)22-13-7-4-12(5-8-13)6-9-15(19)21-11-14-3-1-2-10-20-14/h4-5,7-8,14,16H,1-3,6,9-11H2. The fourth-order valence-corrected chi connectivity index (χ4v) is 2.28. The SMILES string of the molecule is O=C(CCc1ccc(OC(F)F)cc1)OCC1CCCCO1. The average Bonchev–Trinajstić information content (AvgIpc) is 2.53. The highest BCUT2D eigenvalue weighted by atomic mass is 19.3. The van der Waals surface area contributed by atoms with Crippen LogP contribution in [0.15, 0.2) is 24.3 Å². The van der Waals surface area contributed by atoms with E-state index in [4.69, 9.17) is 9.47 Å². The van der Waals surface area contributed by atoms with Crippen LogP contribution in [0.5, 0.6) is 5.75 Å². The second-order valence-electron chi connectivity index (χ2n) is 5.19. The predicted octanol–water partition coefficient (Wildman–Crippen LogP) is 3.33. The van der Waals surface area contributed by atoms with Crippen LogP contribution in [-0.2, 0) is 20.7 Å². The Hall–Kier alpha value is -1.69. The van der Waals surface area contributed by atoms with Gasteiger partial charge in [-0.3, -0.25) is 4.79 Å². The fourth-order valence-electron chi connectivity index (χ4n) is 2.28. The molecule has 2 rings (SSSR count). The van der Waals surface area contributed by atoms with Gasteiger partial charge in [0.1, 0.15) is 12.4 Å². The zero-order valence-corrected chi connectivity index (χ0v) is 12.3.